The summed E-state index contributed by atoms with van der Waals surface area (Å²) < 4.78 is 0. The fraction of sp³-hybridized carbons (Fsp3) is 0. The fourth-order valence-corrected chi connectivity index (χ4v) is 1.93. The van der Waals surface area contributed by atoms with Crippen molar-refractivity contribution in [3.8, 4) is 16.3 Å². The summed E-state index contributed by atoms with van der Waals surface area (Å²) in [5.41, 5.74) is 1.96. The quantitative estimate of drug-likeness (QED) is 0.729. The van der Waals surface area contributed by atoms with Gasteiger partial charge in [-0.05, 0) is 35.7 Å². The van der Waals surface area contributed by atoms with Crippen LogP contribution in [0.15, 0.2) is 60.4 Å². The number of nitrogens with zero attached hydrogens (tertiary/aromatic N) is 2. The third kappa shape index (κ3) is 4.35. The summed E-state index contributed by atoms with van der Waals surface area (Å²) >= 11 is 7.10. The predicted molar refractivity (Wildman–Crippen MR) is 78.5 cm³/mol. The molecule has 2 heterocycles. The summed E-state index contributed by atoms with van der Waals surface area (Å²) in [5.74, 6) is 0. The topological polar surface area (TPSA) is 46.0 Å². The molecule has 1 N–H and O–H groups in total. The molecule has 3 rings (SSSR count). The third-order valence-electron chi connectivity index (χ3n) is 2.23. The number of halogens is 1. The number of thiophene rings is 1. The van der Waals surface area contributed by atoms with E-state index in [0.29, 0.717) is 5.06 Å². The number of rotatable bonds is 1. The first-order chi connectivity index (χ1) is 9.25. The summed E-state index contributed by atoms with van der Waals surface area (Å²) in [6.07, 6.45) is 3.25. The minimum absolute atomic E-state index is 0.384. The van der Waals surface area contributed by atoms with E-state index >= 15 is 0 Å². The molecule has 19 heavy (non-hydrogen) atoms. The summed E-state index contributed by atoms with van der Waals surface area (Å²) in [6, 6.07) is 12.9. The molecular weight excluding hydrogens is 280 g/mol. The summed E-state index contributed by atoms with van der Waals surface area (Å²) in [7, 11) is 0. The highest BCUT2D eigenvalue weighted by Gasteiger charge is 1.96. The lowest BCUT2D eigenvalue weighted by Crippen LogP contribution is -1.82. The van der Waals surface area contributed by atoms with Gasteiger partial charge in [-0.15, -0.1) is 11.3 Å². The highest BCUT2D eigenvalue weighted by Crippen LogP contribution is 2.18. The molecule has 3 aromatic rings. The van der Waals surface area contributed by atoms with Crippen LogP contribution < -0.4 is 0 Å². The zero-order valence-electron chi connectivity index (χ0n) is 9.90. The van der Waals surface area contributed by atoms with E-state index in [4.69, 9.17) is 16.7 Å². The number of benzene rings is 1. The lowest BCUT2D eigenvalue weighted by Gasteiger charge is -1.98. The Kier molecular flexibility index (Phi) is 4.89. The van der Waals surface area contributed by atoms with E-state index in [9.17, 15) is 0 Å². The van der Waals surface area contributed by atoms with Crippen LogP contribution in [-0.2, 0) is 0 Å². The lowest BCUT2D eigenvalue weighted by molar-refractivity contribution is 0.491. The number of aromatic nitrogens is 2. The molecular formula is C14H11ClN2OS. The zero-order valence-corrected chi connectivity index (χ0v) is 11.5. The molecule has 0 bridgehead atoms. The maximum Gasteiger partial charge on any atom is 0.171 e. The first kappa shape index (κ1) is 13.5. The molecule has 0 radical (unpaired) electrons. The van der Waals surface area contributed by atoms with Gasteiger partial charge in [0.1, 0.15) is 6.33 Å². The summed E-state index contributed by atoms with van der Waals surface area (Å²) in [6.45, 7) is 0. The standard InChI is InChI=1S/C10H7ClN2.C4H4OS/c11-9-3-1-8(2-4-9)10-5-6-12-7-13-10;5-4-2-1-3-6-4/h1-7H;1-3,5H. The molecule has 5 heteroatoms. The van der Waals surface area contributed by atoms with Gasteiger partial charge in [0.05, 0.1) is 5.69 Å². The van der Waals surface area contributed by atoms with Gasteiger partial charge < -0.3 is 5.11 Å². The van der Waals surface area contributed by atoms with Crippen molar-refractivity contribution >= 4 is 22.9 Å². The Labute approximate surface area is 120 Å². The lowest BCUT2D eigenvalue weighted by atomic mass is 10.1. The Morgan fingerprint density at radius 2 is 1.84 bits per heavy atom. The fourth-order valence-electron chi connectivity index (χ4n) is 1.35. The Bertz CT molecular complexity index is 597. The second-order valence-electron chi connectivity index (χ2n) is 3.55. The van der Waals surface area contributed by atoms with Gasteiger partial charge in [0.15, 0.2) is 5.06 Å². The molecule has 0 unspecified atom stereocenters. The van der Waals surface area contributed by atoms with Crippen molar-refractivity contribution in [3.63, 3.8) is 0 Å². The van der Waals surface area contributed by atoms with Crippen molar-refractivity contribution in [1.82, 2.24) is 9.97 Å². The smallest absolute Gasteiger partial charge is 0.171 e. The van der Waals surface area contributed by atoms with E-state index in [1.54, 1.807) is 18.3 Å². The zero-order chi connectivity index (χ0) is 13.5. The van der Waals surface area contributed by atoms with Crippen molar-refractivity contribution in [2.45, 2.75) is 0 Å². The van der Waals surface area contributed by atoms with Gasteiger partial charge in [-0.2, -0.15) is 0 Å². The first-order valence-electron chi connectivity index (χ1n) is 5.50. The van der Waals surface area contributed by atoms with Crippen LogP contribution in [0.3, 0.4) is 0 Å². The number of aromatic hydroxyl groups is 1. The van der Waals surface area contributed by atoms with E-state index in [1.807, 2.05) is 35.7 Å². The van der Waals surface area contributed by atoms with Gasteiger partial charge in [0.25, 0.3) is 0 Å². The molecule has 0 atom stereocenters. The van der Waals surface area contributed by atoms with Crippen molar-refractivity contribution < 1.29 is 5.11 Å². The van der Waals surface area contributed by atoms with Crippen LogP contribution in [-0.4, -0.2) is 15.1 Å². The van der Waals surface area contributed by atoms with Crippen molar-refractivity contribution in [2.75, 3.05) is 0 Å². The second kappa shape index (κ2) is 6.87. The molecule has 3 nitrogen and oxygen atoms in total. The van der Waals surface area contributed by atoms with Gasteiger partial charge in [-0.1, -0.05) is 23.7 Å². The van der Waals surface area contributed by atoms with Crippen molar-refractivity contribution in [3.05, 3.63) is 65.4 Å². The molecule has 0 saturated heterocycles. The van der Waals surface area contributed by atoms with Gasteiger partial charge in [0, 0.05) is 16.8 Å². The van der Waals surface area contributed by atoms with Crippen LogP contribution in [0, 0.1) is 0 Å². The molecule has 0 aliphatic carbocycles. The van der Waals surface area contributed by atoms with E-state index in [0.717, 1.165) is 16.3 Å². The maximum absolute atomic E-state index is 8.49. The highest BCUT2D eigenvalue weighted by atomic mass is 35.5. The Hall–Kier alpha value is -1.91. The van der Waals surface area contributed by atoms with Crippen LogP contribution in [0.25, 0.3) is 11.3 Å². The minimum Gasteiger partial charge on any atom is -0.499 e. The molecule has 0 fully saturated rings. The SMILES string of the molecule is Clc1ccc(-c2ccncn2)cc1.Oc1cccs1. The molecule has 0 amide bonds. The van der Waals surface area contributed by atoms with Gasteiger partial charge in [0.2, 0.25) is 0 Å². The minimum atomic E-state index is 0.384. The van der Waals surface area contributed by atoms with E-state index < -0.39 is 0 Å². The van der Waals surface area contributed by atoms with E-state index in [2.05, 4.69) is 9.97 Å². The van der Waals surface area contributed by atoms with Gasteiger partial charge in [-0.25, -0.2) is 9.97 Å². The van der Waals surface area contributed by atoms with Crippen LogP contribution in [0.5, 0.6) is 5.06 Å². The molecule has 1 aromatic carbocycles. The third-order valence-corrected chi connectivity index (χ3v) is 3.15. The largest absolute Gasteiger partial charge is 0.499 e. The Morgan fingerprint density at radius 3 is 2.32 bits per heavy atom. The normalized spacial score (nSPS) is 9.53. The molecule has 0 spiro atoms. The first-order valence-corrected chi connectivity index (χ1v) is 6.76. The Morgan fingerprint density at radius 1 is 1.05 bits per heavy atom. The maximum atomic E-state index is 8.49. The van der Waals surface area contributed by atoms with Crippen molar-refractivity contribution in [2.24, 2.45) is 0 Å². The summed E-state index contributed by atoms with van der Waals surface area (Å²) in [4.78, 5) is 7.98. The van der Waals surface area contributed by atoms with Crippen LogP contribution >= 0.6 is 22.9 Å². The monoisotopic (exact) mass is 290 g/mol. The molecule has 0 aliphatic rings. The van der Waals surface area contributed by atoms with Gasteiger partial charge in [-0.3, -0.25) is 0 Å². The van der Waals surface area contributed by atoms with Crippen LogP contribution in [0.1, 0.15) is 0 Å². The highest BCUT2D eigenvalue weighted by molar-refractivity contribution is 7.11. The van der Waals surface area contributed by atoms with Crippen LogP contribution in [0.4, 0.5) is 0 Å². The van der Waals surface area contributed by atoms with E-state index in [-0.39, 0.29) is 0 Å². The number of hydrogen-bond acceptors (Lipinski definition) is 4. The second-order valence-corrected chi connectivity index (χ2v) is 4.92. The average Bonchev–Trinajstić information content (AvgIpc) is 2.92. The van der Waals surface area contributed by atoms with Crippen molar-refractivity contribution in [1.29, 1.82) is 0 Å². The molecule has 96 valence electrons. The summed E-state index contributed by atoms with van der Waals surface area (Å²) in [5, 5.41) is 11.4. The molecule has 2 aromatic heterocycles. The van der Waals surface area contributed by atoms with Crippen LogP contribution in [0.2, 0.25) is 5.02 Å². The van der Waals surface area contributed by atoms with E-state index in [1.165, 1.54) is 17.7 Å². The van der Waals surface area contributed by atoms with Gasteiger partial charge >= 0.3 is 0 Å². The Balaban J connectivity index is 0.000000186. The number of hydrogen-bond donors (Lipinski definition) is 1. The average molecular weight is 291 g/mol. The molecule has 0 saturated carbocycles. The molecule has 0 aliphatic heterocycles. The predicted octanol–water partition coefficient (Wildman–Crippen LogP) is 4.25.